The smallest absolute Gasteiger partial charge is 0.336 e. The number of furan rings is 1. The van der Waals surface area contributed by atoms with Crippen LogP contribution < -0.4 is 4.74 Å². The SMILES string of the molecule is CCN(CC)S(=O)(=O)c1ccc2nc(-c3cc4cccc(OC)c4o3)cc(C(=O)O)c2c1. The molecule has 0 saturated heterocycles. The highest BCUT2D eigenvalue weighted by molar-refractivity contribution is 7.89. The van der Waals surface area contributed by atoms with E-state index in [4.69, 9.17) is 9.15 Å². The molecule has 0 bridgehead atoms. The molecule has 8 nitrogen and oxygen atoms in total. The number of methoxy groups -OCH3 is 1. The summed E-state index contributed by atoms with van der Waals surface area (Å²) in [6.07, 6.45) is 0. The third-order valence-corrected chi connectivity index (χ3v) is 7.38. The van der Waals surface area contributed by atoms with E-state index in [1.54, 1.807) is 26.0 Å². The molecule has 0 fully saturated rings. The van der Waals surface area contributed by atoms with Gasteiger partial charge < -0.3 is 14.3 Å². The number of aromatic nitrogens is 1. The van der Waals surface area contributed by atoms with Gasteiger partial charge in [0.15, 0.2) is 17.1 Å². The first-order chi connectivity index (χ1) is 15.3. The molecule has 0 aliphatic carbocycles. The molecule has 0 unspecified atom stereocenters. The molecule has 4 rings (SSSR count). The fourth-order valence-corrected chi connectivity index (χ4v) is 5.19. The number of para-hydroxylation sites is 1. The number of nitrogens with zero attached hydrogens (tertiary/aromatic N) is 2. The van der Waals surface area contributed by atoms with Crippen molar-refractivity contribution in [3.8, 4) is 17.2 Å². The van der Waals surface area contributed by atoms with Crippen LogP contribution in [-0.4, -0.2) is 49.0 Å². The number of rotatable bonds is 7. The second-order valence-corrected chi connectivity index (χ2v) is 9.06. The van der Waals surface area contributed by atoms with E-state index < -0.39 is 16.0 Å². The van der Waals surface area contributed by atoms with Gasteiger partial charge in [-0.25, -0.2) is 18.2 Å². The maximum atomic E-state index is 12.9. The lowest BCUT2D eigenvalue weighted by Gasteiger charge is -2.18. The van der Waals surface area contributed by atoms with Crippen LogP contribution in [0.15, 0.2) is 57.8 Å². The molecule has 2 aromatic heterocycles. The minimum absolute atomic E-state index is 0.0271. The zero-order valence-corrected chi connectivity index (χ0v) is 18.6. The number of pyridine rings is 1. The van der Waals surface area contributed by atoms with Crippen LogP contribution >= 0.6 is 0 Å². The molecule has 1 N–H and O–H groups in total. The zero-order valence-electron chi connectivity index (χ0n) is 17.8. The maximum Gasteiger partial charge on any atom is 0.336 e. The van der Waals surface area contributed by atoms with Gasteiger partial charge in [-0.2, -0.15) is 4.31 Å². The molecule has 0 amide bonds. The van der Waals surface area contributed by atoms with Crippen molar-refractivity contribution < 1.29 is 27.5 Å². The van der Waals surface area contributed by atoms with Crippen molar-refractivity contribution in [1.82, 2.24) is 9.29 Å². The molecule has 2 heterocycles. The fraction of sp³-hybridized carbons (Fsp3) is 0.217. The second-order valence-electron chi connectivity index (χ2n) is 7.12. The molecule has 166 valence electrons. The second kappa shape index (κ2) is 8.25. The van der Waals surface area contributed by atoms with Crippen LogP contribution in [0.3, 0.4) is 0 Å². The number of carboxylic acids is 1. The van der Waals surface area contributed by atoms with Gasteiger partial charge in [0, 0.05) is 23.9 Å². The average molecular weight is 455 g/mol. The lowest BCUT2D eigenvalue weighted by molar-refractivity contribution is 0.0699. The Bertz CT molecular complexity index is 1440. The van der Waals surface area contributed by atoms with Crippen LogP contribution in [0.5, 0.6) is 5.75 Å². The van der Waals surface area contributed by atoms with Crippen LogP contribution in [0.1, 0.15) is 24.2 Å². The first-order valence-electron chi connectivity index (χ1n) is 10.0. The Labute approximate surface area is 185 Å². The molecule has 0 aliphatic rings. The average Bonchev–Trinajstić information content (AvgIpc) is 3.23. The molecule has 0 atom stereocenters. The largest absolute Gasteiger partial charge is 0.493 e. The number of ether oxygens (including phenoxy) is 1. The molecule has 9 heteroatoms. The van der Waals surface area contributed by atoms with Gasteiger partial charge in [0.2, 0.25) is 10.0 Å². The van der Waals surface area contributed by atoms with Gasteiger partial charge >= 0.3 is 5.97 Å². The van der Waals surface area contributed by atoms with Crippen molar-refractivity contribution in [3.05, 3.63) is 54.1 Å². The summed E-state index contributed by atoms with van der Waals surface area (Å²) < 4.78 is 38.4. The summed E-state index contributed by atoms with van der Waals surface area (Å²) in [6.45, 7) is 4.13. The number of benzene rings is 2. The van der Waals surface area contributed by atoms with Crippen molar-refractivity contribution in [1.29, 1.82) is 0 Å². The van der Waals surface area contributed by atoms with Crippen LogP contribution in [0.4, 0.5) is 0 Å². The van der Waals surface area contributed by atoms with Crippen molar-refractivity contribution in [3.63, 3.8) is 0 Å². The maximum absolute atomic E-state index is 12.9. The first-order valence-corrected chi connectivity index (χ1v) is 11.5. The zero-order chi connectivity index (χ0) is 23.0. The molecule has 0 radical (unpaired) electrons. The number of sulfonamides is 1. The van der Waals surface area contributed by atoms with Gasteiger partial charge in [-0.05, 0) is 36.4 Å². The summed E-state index contributed by atoms with van der Waals surface area (Å²) in [5.74, 6) is -0.252. The van der Waals surface area contributed by atoms with E-state index in [-0.39, 0.29) is 15.8 Å². The Morgan fingerprint density at radius 1 is 1.12 bits per heavy atom. The topological polar surface area (TPSA) is 110 Å². The molecular weight excluding hydrogens is 432 g/mol. The number of fused-ring (bicyclic) bond motifs is 2. The van der Waals surface area contributed by atoms with E-state index in [1.165, 1.54) is 35.7 Å². The van der Waals surface area contributed by atoms with E-state index >= 15 is 0 Å². The predicted octanol–water partition coefficient (Wildman–Crippen LogP) is 4.39. The fourth-order valence-electron chi connectivity index (χ4n) is 3.70. The molecule has 4 aromatic rings. The van der Waals surface area contributed by atoms with Gasteiger partial charge in [0.05, 0.1) is 23.1 Å². The quantitative estimate of drug-likeness (QED) is 0.441. The van der Waals surface area contributed by atoms with Crippen molar-refractivity contribution >= 4 is 37.9 Å². The number of carboxylic acid groups (broad SMARTS) is 1. The molecule has 0 aliphatic heterocycles. The van der Waals surface area contributed by atoms with E-state index in [2.05, 4.69) is 4.98 Å². The van der Waals surface area contributed by atoms with Crippen LogP contribution in [0.25, 0.3) is 33.3 Å². The van der Waals surface area contributed by atoms with Crippen LogP contribution in [-0.2, 0) is 10.0 Å². The third kappa shape index (κ3) is 3.59. The lowest BCUT2D eigenvalue weighted by atomic mass is 10.1. The highest BCUT2D eigenvalue weighted by Crippen LogP contribution is 2.34. The van der Waals surface area contributed by atoms with E-state index in [0.717, 1.165) is 5.39 Å². The van der Waals surface area contributed by atoms with Crippen LogP contribution in [0.2, 0.25) is 0 Å². The highest BCUT2D eigenvalue weighted by Gasteiger charge is 2.24. The summed E-state index contributed by atoms with van der Waals surface area (Å²) in [4.78, 5) is 16.6. The summed E-state index contributed by atoms with van der Waals surface area (Å²) in [5, 5.41) is 10.9. The minimum atomic E-state index is -3.74. The number of aromatic carboxylic acids is 1. The molecular formula is C23H22N2O6S. The molecule has 0 spiro atoms. The number of hydrogen-bond donors (Lipinski definition) is 1. The number of hydrogen-bond acceptors (Lipinski definition) is 6. The first kappa shape index (κ1) is 21.8. The van der Waals surface area contributed by atoms with Crippen molar-refractivity contribution in [2.75, 3.05) is 20.2 Å². The minimum Gasteiger partial charge on any atom is -0.493 e. The predicted molar refractivity (Wildman–Crippen MR) is 121 cm³/mol. The number of carbonyl (C=O) groups is 1. The highest BCUT2D eigenvalue weighted by atomic mass is 32.2. The lowest BCUT2D eigenvalue weighted by Crippen LogP contribution is -2.30. The van der Waals surface area contributed by atoms with Crippen molar-refractivity contribution in [2.45, 2.75) is 18.7 Å². The van der Waals surface area contributed by atoms with Crippen LogP contribution in [0, 0.1) is 0 Å². The Hall–Kier alpha value is -3.43. The van der Waals surface area contributed by atoms with Gasteiger partial charge in [0.1, 0.15) is 5.69 Å². The Morgan fingerprint density at radius 2 is 1.88 bits per heavy atom. The summed E-state index contributed by atoms with van der Waals surface area (Å²) >= 11 is 0. The summed E-state index contributed by atoms with van der Waals surface area (Å²) in [7, 11) is -2.20. The standard InChI is InChI=1S/C23H22N2O6S/c1-4-25(5-2)32(28,29)15-9-10-18-16(12-15)17(23(26)27)13-19(24-18)21-11-14-7-6-8-20(30-3)22(14)31-21/h6-13H,4-5H2,1-3H3,(H,26,27). The monoisotopic (exact) mass is 454 g/mol. The molecule has 2 aromatic carbocycles. The summed E-state index contributed by atoms with van der Waals surface area (Å²) in [6, 6.07) is 12.9. The van der Waals surface area contributed by atoms with Gasteiger partial charge in [-0.1, -0.05) is 26.0 Å². The van der Waals surface area contributed by atoms with Gasteiger partial charge in [-0.15, -0.1) is 0 Å². The van der Waals surface area contributed by atoms with Gasteiger partial charge in [-0.3, -0.25) is 0 Å². The third-order valence-electron chi connectivity index (χ3n) is 5.33. The normalized spacial score (nSPS) is 12.0. The van der Waals surface area contributed by atoms with E-state index in [9.17, 15) is 18.3 Å². The van der Waals surface area contributed by atoms with E-state index in [0.29, 0.717) is 41.4 Å². The van der Waals surface area contributed by atoms with E-state index in [1.807, 2.05) is 12.1 Å². The molecule has 32 heavy (non-hydrogen) atoms. The Balaban J connectivity index is 1.91. The Kier molecular flexibility index (Phi) is 5.62. The summed E-state index contributed by atoms with van der Waals surface area (Å²) in [5.41, 5.74) is 1.15. The van der Waals surface area contributed by atoms with Crippen molar-refractivity contribution in [2.24, 2.45) is 0 Å². The Morgan fingerprint density at radius 3 is 2.53 bits per heavy atom. The van der Waals surface area contributed by atoms with Gasteiger partial charge in [0.25, 0.3) is 0 Å². The molecule has 0 saturated carbocycles.